The average molecular weight is 504 g/mol. The van der Waals surface area contributed by atoms with Gasteiger partial charge in [-0.3, -0.25) is 9.80 Å². The maximum atomic E-state index is 2.69. The van der Waals surface area contributed by atoms with Gasteiger partial charge in [-0.1, -0.05) is 91.9 Å². The lowest BCUT2D eigenvalue weighted by atomic mass is 9.67. The topological polar surface area (TPSA) is 9.72 Å². The highest BCUT2D eigenvalue weighted by Crippen LogP contribution is 2.43. The van der Waals surface area contributed by atoms with Gasteiger partial charge in [0, 0.05) is 51.2 Å². The summed E-state index contributed by atoms with van der Waals surface area (Å²) < 4.78 is 0. The van der Waals surface area contributed by atoms with Crippen LogP contribution in [0.4, 0.5) is 0 Å². The summed E-state index contributed by atoms with van der Waals surface area (Å²) in [7, 11) is 0. The summed E-state index contributed by atoms with van der Waals surface area (Å²) in [5.41, 5.74) is 6.08. The van der Waals surface area contributed by atoms with Crippen LogP contribution in [-0.4, -0.2) is 60.5 Å². The van der Waals surface area contributed by atoms with Crippen LogP contribution in [-0.2, 0) is 18.5 Å². The predicted molar refractivity (Wildman–Crippen MR) is 154 cm³/mol. The first-order valence-electron chi connectivity index (χ1n) is 13.6. The zero-order chi connectivity index (χ0) is 23.9. The van der Waals surface area contributed by atoms with Crippen LogP contribution >= 0.6 is 12.4 Å². The molecule has 0 saturated carbocycles. The third-order valence-electron chi connectivity index (χ3n) is 8.08. The fourth-order valence-corrected chi connectivity index (χ4v) is 6.34. The van der Waals surface area contributed by atoms with Crippen LogP contribution in [0.25, 0.3) is 0 Å². The van der Waals surface area contributed by atoms with Crippen LogP contribution in [0, 0.1) is 0 Å². The van der Waals surface area contributed by atoms with Gasteiger partial charge in [0.25, 0.3) is 0 Å². The molecule has 0 aliphatic carbocycles. The monoisotopic (exact) mass is 503 g/mol. The summed E-state index contributed by atoms with van der Waals surface area (Å²) in [4.78, 5) is 7.99. The minimum atomic E-state index is 0. The van der Waals surface area contributed by atoms with Crippen molar-refractivity contribution < 1.29 is 0 Å². The number of hydrogen-bond donors (Lipinski definition) is 0. The summed E-state index contributed by atoms with van der Waals surface area (Å²) in [5, 5.41) is 0. The molecule has 4 heteroatoms. The fraction of sp³-hybridized carbons (Fsp3) is 0.438. The van der Waals surface area contributed by atoms with Crippen LogP contribution in [0.2, 0.25) is 0 Å². The van der Waals surface area contributed by atoms with Crippen molar-refractivity contribution in [1.82, 2.24) is 14.7 Å². The molecular weight excluding hydrogens is 462 g/mol. The lowest BCUT2D eigenvalue weighted by Gasteiger charge is -2.45. The van der Waals surface area contributed by atoms with Crippen molar-refractivity contribution in [2.24, 2.45) is 0 Å². The average Bonchev–Trinajstić information content (AvgIpc) is 2.91. The second-order valence-corrected chi connectivity index (χ2v) is 10.5. The molecule has 0 bridgehead atoms. The number of nitrogens with zero attached hydrogens (tertiary/aromatic N) is 3. The lowest BCUT2D eigenvalue weighted by Crippen LogP contribution is -2.48. The Bertz CT molecular complexity index is 1050. The maximum Gasteiger partial charge on any atom is 0.0333 e. The van der Waals surface area contributed by atoms with E-state index in [9.17, 15) is 0 Å². The Balaban J connectivity index is 0.00000304. The molecule has 5 rings (SSSR count). The Morgan fingerprint density at radius 2 is 1.33 bits per heavy atom. The van der Waals surface area contributed by atoms with E-state index in [1.165, 1.54) is 75.2 Å². The van der Waals surface area contributed by atoms with Gasteiger partial charge in [0.2, 0.25) is 0 Å². The largest absolute Gasteiger partial charge is 0.301 e. The van der Waals surface area contributed by atoms with Gasteiger partial charge in [-0.05, 0) is 54.6 Å². The first-order valence-corrected chi connectivity index (χ1v) is 13.6. The van der Waals surface area contributed by atoms with Gasteiger partial charge in [-0.15, -0.1) is 12.4 Å². The van der Waals surface area contributed by atoms with Gasteiger partial charge in [0.15, 0.2) is 0 Å². The van der Waals surface area contributed by atoms with E-state index >= 15 is 0 Å². The Hall–Kier alpha value is -2.17. The normalized spacial score (nSPS) is 21.0. The second-order valence-electron chi connectivity index (χ2n) is 10.5. The van der Waals surface area contributed by atoms with E-state index in [2.05, 4.69) is 107 Å². The quantitative estimate of drug-likeness (QED) is 0.343. The van der Waals surface area contributed by atoms with Gasteiger partial charge >= 0.3 is 0 Å². The van der Waals surface area contributed by atoms with Gasteiger partial charge in [-0.2, -0.15) is 0 Å². The number of fused-ring (bicyclic) bond motifs is 1. The molecule has 1 fully saturated rings. The molecule has 0 amide bonds. The highest BCUT2D eigenvalue weighted by Gasteiger charge is 2.40. The minimum Gasteiger partial charge on any atom is -0.301 e. The Morgan fingerprint density at radius 3 is 2.06 bits per heavy atom. The second kappa shape index (κ2) is 12.9. The van der Waals surface area contributed by atoms with Crippen LogP contribution in [0.5, 0.6) is 0 Å². The van der Waals surface area contributed by atoms with Crippen molar-refractivity contribution in [3.8, 4) is 0 Å². The Kier molecular flexibility index (Phi) is 9.61. The third-order valence-corrected chi connectivity index (χ3v) is 8.08. The smallest absolute Gasteiger partial charge is 0.0333 e. The molecule has 2 heterocycles. The molecule has 3 aromatic carbocycles. The highest BCUT2D eigenvalue weighted by molar-refractivity contribution is 5.85. The molecule has 0 spiro atoms. The van der Waals surface area contributed by atoms with E-state index in [4.69, 9.17) is 0 Å². The third kappa shape index (κ3) is 6.20. The summed E-state index contributed by atoms with van der Waals surface area (Å²) in [6.07, 6.45) is 3.65. The van der Waals surface area contributed by atoms with Crippen LogP contribution in [0.3, 0.4) is 0 Å². The summed E-state index contributed by atoms with van der Waals surface area (Å²) in [6.45, 7) is 12.7. The van der Waals surface area contributed by atoms with Crippen molar-refractivity contribution in [3.05, 3.63) is 107 Å². The van der Waals surface area contributed by atoms with E-state index in [1.807, 2.05) is 0 Å². The van der Waals surface area contributed by atoms with Crippen molar-refractivity contribution in [2.45, 2.75) is 44.7 Å². The molecule has 2 aliphatic rings. The van der Waals surface area contributed by atoms with Crippen molar-refractivity contribution >= 4 is 12.4 Å². The number of piperazine rings is 1. The first-order chi connectivity index (χ1) is 17.3. The molecule has 3 aromatic rings. The predicted octanol–water partition coefficient (Wildman–Crippen LogP) is 6.22. The van der Waals surface area contributed by atoms with E-state index < -0.39 is 0 Å². The van der Waals surface area contributed by atoms with E-state index in [0.717, 1.165) is 19.6 Å². The van der Waals surface area contributed by atoms with Crippen molar-refractivity contribution in [2.75, 3.05) is 45.8 Å². The van der Waals surface area contributed by atoms with Crippen LogP contribution < -0.4 is 0 Å². The zero-order valence-electron chi connectivity index (χ0n) is 21.8. The minimum absolute atomic E-state index is 0. The number of halogens is 1. The zero-order valence-corrected chi connectivity index (χ0v) is 22.6. The number of hydrogen-bond acceptors (Lipinski definition) is 3. The van der Waals surface area contributed by atoms with Crippen LogP contribution in [0.1, 0.15) is 48.4 Å². The molecule has 192 valence electrons. The Labute approximate surface area is 224 Å². The number of benzene rings is 3. The van der Waals surface area contributed by atoms with Gasteiger partial charge in [0.1, 0.15) is 0 Å². The highest BCUT2D eigenvalue weighted by atomic mass is 35.5. The molecule has 1 unspecified atom stereocenters. The summed E-state index contributed by atoms with van der Waals surface area (Å²) in [6, 6.07) is 31.5. The molecule has 0 N–H and O–H groups in total. The SMILES string of the molecule is CCCN1Cc2ccccc2C(CCCN2CCN(Cc3ccccc3)CC2)(c2ccccc2)C1.Cl. The molecule has 3 nitrogen and oxygen atoms in total. The summed E-state index contributed by atoms with van der Waals surface area (Å²) >= 11 is 0. The maximum absolute atomic E-state index is 2.69. The molecule has 2 aliphatic heterocycles. The lowest BCUT2D eigenvalue weighted by molar-refractivity contribution is 0.121. The van der Waals surface area contributed by atoms with E-state index in [0.29, 0.717) is 0 Å². The van der Waals surface area contributed by atoms with Gasteiger partial charge in [-0.25, -0.2) is 0 Å². The molecule has 1 saturated heterocycles. The van der Waals surface area contributed by atoms with E-state index in [1.54, 1.807) is 5.56 Å². The molecule has 1 atom stereocenters. The van der Waals surface area contributed by atoms with Crippen LogP contribution in [0.15, 0.2) is 84.9 Å². The first kappa shape index (κ1) is 26.9. The number of rotatable bonds is 9. The Morgan fingerprint density at radius 1 is 0.694 bits per heavy atom. The van der Waals surface area contributed by atoms with Crippen molar-refractivity contribution in [1.29, 1.82) is 0 Å². The van der Waals surface area contributed by atoms with Gasteiger partial charge < -0.3 is 4.90 Å². The fourth-order valence-electron chi connectivity index (χ4n) is 6.34. The van der Waals surface area contributed by atoms with Crippen molar-refractivity contribution in [3.63, 3.8) is 0 Å². The van der Waals surface area contributed by atoms with E-state index in [-0.39, 0.29) is 17.8 Å². The summed E-state index contributed by atoms with van der Waals surface area (Å²) in [5.74, 6) is 0. The molecule has 36 heavy (non-hydrogen) atoms. The molecular formula is C32H42ClN3. The standard InChI is InChI=1S/C32H41N3.ClH/c1-2-19-35-26-29-14-9-10-17-31(29)32(27-35,30-15-7-4-8-16-30)18-11-20-33-21-23-34(24-22-33)25-28-12-5-3-6-13-28;/h3-10,12-17H,2,11,18-27H2,1H3;1H. The van der Waals surface area contributed by atoms with Gasteiger partial charge in [0.05, 0.1) is 0 Å². The molecule has 0 aromatic heterocycles. The molecule has 0 radical (unpaired) electrons.